The van der Waals surface area contributed by atoms with Gasteiger partial charge in [-0.25, -0.2) is 0 Å². The first kappa shape index (κ1) is 19.7. The third kappa shape index (κ3) is 5.74. The van der Waals surface area contributed by atoms with E-state index in [4.69, 9.17) is 11.6 Å². The SMILES string of the molecule is CN/C(=C\C(C(=O)NCCc1cccc(Cl)c1)=C(C)C)c1ccncc1. The molecule has 0 aliphatic heterocycles. The first-order valence-electron chi connectivity index (χ1n) is 8.51. The van der Waals surface area contributed by atoms with E-state index in [2.05, 4.69) is 15.6 Å². The van der Waals surface area contributed by atoms with Crippen molar-refractivity contribution in [2.75, 3.05) is 13.6 Å². The fourth-order valence-electron chi connectivity index (χ4n) is 2.52. The van der Waals surface area contributed by atoms with Gasteiger partial charge in [0.25, 0.3) is 5.91 Å². The van der Waals surface area contributed by atoms with Crippen molar-refractivity contribution in [3.8, 4) is 0 Å². The first-order chi connectivity index (χ1) is 12.5. The summed E-state index contributed by atoms with van der Waals surface area (Å²) < 4.78 is 0. The Morgan fingerprint density at radius 3 is 2.54 bits per heavy atom. The smallest absolute Gasteiger partial charge is 0.251 e. The zero-order valence-corrected chi connectivity index (χ0v) is 16.1. The molecule has 26 heavy (non-hydrogen) atoms. The molecule has 0 bridgehead atoms. The Labute approximate surface area is 160 Å². The number of aromatic nitrogens is 1. The molecule has 0 aliphatic carbocycles. The number of hydrogen-bond donors (Lipinski definition) is 2. The number of amides is 1. The molecule has 0 saturated carbocycles. The predicted molar refractivity (Wildman–Crippen MR) is 108 cm³/mol. The highest BCUT2D eigenvalue weighted by atomic mass is 35.5. The molecule has 1 heterocycles. The zero-order valence-electron chi connectivity index (χ0n) is 15.3. The van der Waals surface area contributed by atoms with E-state index in [9.17, 15) is 4.79 Å². The van der Waals surface area contributed by atoms with Crippen LogP contribution in [0.5, 0.6) is 0 Å². The van der Waals surface area contributed by atoms with Crippen LogP contribution in [-0.2, 0) is 11.2 Å². The standard InChI is InChI=1S/C21H24ClN3O/c1-15(2)19(14-20(23-3)17-8-10-24-11-9-17)21(26)25-12-7-16-5-4-6-18(22)13-16/h4-6,8-11,13-14,23H,7,12H2,1-3H3,(H,25,26)/b20-14-. The number of benzene rings is 1. The lowest BCUT2D eigenvalue weighted by Gasteiger charge is -2.12. The lowest BCUT2D eigenvalue weighted by molar-refractivity contribution is -0.117. The first-order valence-corrected chi connectivity index (χ1v) is 8.89. The van der Waals surface area contributed by atoms with Crippen LogP contribution in [0.2, 0.25) is 5.02 Å². The fourth-order valence-corrected chi connectivity index (χ4v) is 2.73. The number of carbonyl (C=O) groups excluding carboxylic acids is 1. The van der Waals surface area contributed by atoms with Crippen LogP contribution < -0.4 is 10.6 Å². The second-order valence-electron chi connectivity index (χ2n) is 6.09. The Hall–Kier alpha value is -2.59. The number of nitrogens with one attached hydrogen (secondary N) is 2. The van der Waals surface area contributed by atoms with E-state index >= 15 is 0 Å². The number of carbonyl (C=O) groups is 1. The lowest BCUT2D eigenvalue weighted by Crippen LogP contribution is -2.27. The van der Waals surface area contributed by atoms with Crippen molar-refractivity contribution in [3.63, 3.8) is 0 Å². The lowest BCUT2D eigenvalue weighted by atomic mass is 10.1. The van der Waals surface area contributed by atoms with E-state index < -0.39 is 0 Å². The molecule has 0 fully saturated rings. The summed E-state index contributed by atoms with van der Waals surface area (Å²) in [4.78, 5) is 16.7. The summed E-state index contributed by atoms with van der Waals surface area (Å²) >= 11 is 6.00. The molecule has 2 aromatic rings. The maximum atomic E-state index is 12.6. The van der Waals surface area contributed by atoms with Gasteiger partial charge in [-0.2, -0.15) is 0 Å². The van der Waals surface area contributed by atoms with Gasteiger partial charge in [0.05, 0.1) is 0 Å². The fraction of sp³-hybridized carbons (Fsp3) is 0.238. The highest BCUT2D eigenvalue weighted by Gasteiger charge is 2.11. The Balaban J connectivity index is 2.08. The molecule has 0 saturated heterocycles. The maximum absolute atomic E-state index is 12.6. The van der Waals surface area contributed by atoms with Crippen molar-refractivity contribution >= 4 is 23.2 Å². The van der Waals surface area contributed by atoms with Gasteiger partial charge in [0.2, 0.25) is 0 Å². The van der Waals surface area contributed by atoms with Gasteiger partial charge in [0.15, 0.2) is 0 Å². The average Bonchev–Trinajstić information content (AvgIpc) is 2.63. The van der Waals surface area contributed by atoms with E-state index in [0.717, 1.165) is 28.8 Å². The minimum absolute atomic E-state index is 0.0890. The second kappa shape index (κ2) is 9.78. The van der Waals surface area contributed by atoms with Gasteiger partial charge in [0.1, 0.15) is 0 Å². The molecular formula is C21H24ClN3O. The van der Waals surface area contributed by atoms with Gasteiger partial charge < -0.3 is 10.6 Å². The predicted octanol–water partition coefficient (Wildman–Crippen LogP) is 3.99. The van der Waals surface area contributed by atoms with Gasteiger partial charge >= 0.3 is 0 Å². The van der Waals surface area contributed by atoms with Crippen LogP contribution in [0.25, 0.3) is 5.70 Å². The van der Waals surface area contributed by atoms with Crippen molar-refractivity contribution in [1.82, 2.24) is 15.6 Å². The number of rotatable bonds is 7. The minimum atomic E-state index is -0.0890. The molecule has 5 heteroatoms. The van der Waals surface area contributed by atoms with Gasteiger partial charge in [-0.3, -0.25) is 9.78 Å². The van der Waals surface area contributed by atoms with E-state index in [1.165, 1.54) is 0 Å². The van der Waals surface area contributed by atoms with Crippen molar-refractivity contribution in [3.05, 3.63) is 82.2 Å². The molecular weight excluding hydrogens is 346 g/mol. The van der Waals surface area contributed by atoms with E-state index in [1.807, 2.05) is 63.4 Å². The van der Waals surface area contributed by atoms with Gasteiger partial charge in [-0.05, 0) is 56.2 Å². The normalized spacial score (nSPS) is 11.0. The summed E-state index contributed by atoms with van der Waals surface area (Å²) in [7, 11) is 1.84. The quantitative estimate of drug-likeness (QED) is 0.573. The highest BCUT2D eigenvalue weighted by molar-refractivity contribution is 6.30. The highest BCUT2D eigenvalue weighted by Crippen LogP contribution is 2.16. The molecule has 1 amide bonds. The average molecular weight is 370 g/mol. The maximum Gasteiger partial charge on any atom is 0.251 e. The number of halogens is 1. The molecule has 1 aromatic heterocycles. The molecule has 0 unspecified atom stereocenters. The number of allylic oxidation sites excluding steroid dienone is 1. The van der Waals surface area contributed by atoms with Crippen molar-refractivity contribution in [2.45, 2.75) is 20.3 Å². The summed E-state index contributed by atoms with van der Waals surface area (Å²) in [5.41, 5.74) is 4.55. The van der Waals surface area contributed by atoms with Crippen LogP contribution in [0, 0.1) is 0 Å². The Morgan fingerprint density at radius 2 is 1.92 bits per heavy atom. The Morgan fingerprint density at radius 1 is 1.19 bits per heavy atom. The van der Waals surface area contributed by atoms with Crippen LogP contribution in [0.4, 0.5) is 0 Å². The molecule has 4 nitrogen and oxygen atoms in total. The molecule has 0 atom stereocenters. The summed E-state index contributed by atoms with van der Waals surface area (Å²) in [5, 5.41) is 6.85. The van der Waals surface area contributed by atoms with Crippen molar-refractivity contribution < 1.29 is 4.79 Å². The third-order valence-electron chi connectivity index (χ3n) is 3.92. The molecule has 2 rings (SSSR count). The number of hydrogen-bond acceptors (Lipinski definition) is 3. The molecule has 136 valence electrons. The van der Waals surface area contributed by atoms with Gasteiger partial charge in [0, 0.05) is 47.8 Å². The second-order valence-corrected chi connectivity index (χ2v) is 6.53. The van der Waals surface area contributed by atoms with Crippen LogP contribution >= 0.6 is 11.6 Å². The Kier molecular flexibility index (Phi) is 7.42. The minimum Gasteiger partial charge on any atom is -0.388 e. The van der Waals surface area contributed by atoms with E-state index in [1.54, 1.807) is 12.4 Å². The van der Waals surface area contributed by atoms with E-state index in [-0.39, 0.29) is 5.91 Å². The van der Waals surface area contributed by atoms with Crippen LogP contribution in [-0.4, -0.2) is 24.5 Å². The van der Waals surface area contributed by atoms with Crippen LogP contribution in [0.1, 0.15) is 25.0 Å². The molecule has 0 aliphatic rings. The van der Waals surface area contributed by atoms with Crippen LogP contribution in [0.15, 0.2) is 66.0 Å². The summed E-state index contributed by atoms with van der Waals surface area (Å²) in [6.07, 6.45) is 6.07. The largest absolute Gasteiger partial charge is 0.388 e. The summed E-state index contributed by atoms with van der Waals surface area (Å²) in [6.45, 7) is 4.42. The van der Waals surface area contributed by atoms with Crippen molar-refractivity contribution in [1.29, 1.82) is 0 Å². The topological polar surface area (TPSA) is 54.0 Å². The van der Waals surface area contributed by atoms with Gasteiger partial charge in [-0.15, -0.1) is 0 Å². The number of pyridine rings is 1. The van der Waals surface area contributed by atoms with Gasteiger partial charge in [-0.1, -0.05) is 29.3 Å². The number of nitrogens with zero attached hydrogens (tertiary/aromatic N) is 1. The van der Waals surface area contributed by atoms with Crippen LogP contribution in [0.3, 0.4) is 0 Å². The molecule has 0 spiro atoms. The monoisotopic (exact) mass is 369 g/mol. The molecule has 2 N–H and O–H groups in total. The summed E-state index contributed by atoms with van der Waals surface area (Å²) in [5.74, 6) is -0.0890. The van der Waals surface area contributed by atoms with E-state index in [0.29, 0.717) is 17.1 Å². The zero-order chi connectivity index (χ0) is 18.9. The molecule has 1 aromatic carbocycles. The third-order valence-corrected chi connectivity index (χ3v) is 4.16. The summed E-state index contributed by atoms with van der Waals surface area (Å²) in [6, 6.07) is 11.5. The van der Waals surface area contributed by atoms with Crippen molar-refractivity contribution in [2.24, 2.45) is 0 Å². The Bertz CT molecular complexity index is 809. The molecule has 0 radical (unpaired) electrons.